The highest BCUT2D eigenvalue weighted by atomic mass is 32.2. The van der Waals surface area contributed by atoms with Gasteiger partial charge in [-0.25, -0.2) is 9.78 Å². The first-order valence-corrected chi connectivity index (χ1v) is 14.4. The molecule has 1 saturated heterocycles. The number of thioether (sulfide) groups is 1. The van der Waals surface area contributed by atoms with Crippen LogP contribution in [0.3, 0.4) is 0 Å². The van der Waals surface area contributed by atoms with Crippen LogP contribution < -0.4 is 0 Å². The van der Waals surface area contributed by atoms with Crippen molar-refractivity contribution in [2.75, 3.05) is 12.3 Å². The average molecular weight is 545 g/mol. The Kier molecular flexibility index (Phi) is 8.22. The standard InChI is InChI=1S/C30H28N2O4S2/c33-26(17-20-4-3-7-22(16-20)24-9-8-21-5-1-2-6-23(21)18-24)12-10-25-11-13-28(34)32(25)14-15-37-30-31-27(19-38-30)29(35)36/h1-10,12,16,18-19,25-26,33H,11,13-15,17H2,(H,35,36)/t25-,26+/m0/s1. The molecule has 0 radical (unpaired) electrons. The van der Waals surface area contributed by atoms with Gasteiger partial charge in [-0.05, 0) is 39.9 Å². The molecule has 3 aromatic carbocycles. The number of benzene rings is 3. The number of aliphatic hydroxyl groups is 1. The molecule has 8 heteroatoms. The van der Waals surface area contributed by atoms with Gasteiger partial charge in [0.2, 0.25) is 5.91 Å². The second-order valence-corrected chi connectivity index (χ2v) is 11.5. The highest BCUT2D eigenvalue weighted by Gasteiger charge is 2.28. The number of carbonyl (C=O) groups is 2. The third-order valence-electron chi connectivity index (χ3n) is 6.64. The molecule has 1 aromatic heterocycles. The predicted molar refractivity (Wildman–Crippen MR) is 153 cm³/mol. The van der Waals surface area contributed by atoms with Crippen molar-refractivity contribution in [1.29, 1.82) is 0 Å². The molecule has 1 aliphatic heterocycles. The third-order valence-corrected chi connectivity index (χ3v) is 8.65. The topological polar surface area (TPSA) is 90.7 Å². The summed E-state index contributed by atoms with van der Waals surface area (Å²) in [6.07, 6.45) is 4.79. The Morgan fingerprint density at radius 2 is 1.92 bits per heavy atom. The fourth-order valence-corrected chi connectivity index (χ4v) is 6.52. The van der Waals surface area contributed by atoms with Gasteiger partial charge < -0.3 is 15.1 Å². The van der Waals surface area contributed by atoms with E-state index >= 15 is 0 Å². The number of hydrogen-bond acceptors (Lipinski definition) is 6. The molecule has 0 saturated carbocycles. The summed E-state index contributed by atoms with van der Waals surface area (Å²) < 4.78 is 0.683. The molecule has 2 heterocycles. The van der Waals surface area contributed by atoms with E-state index < -0.39 is 12.1 Å². The van der Waals surface area contributed by atoms with E-state index in [9.17, 15) is 14.7 Å². The zero-order valence-corrected chi connectivity index (χ0v) is 22.3. The normalized spacial score (nSPS) is 16.5. The van der Waals surface area contributed by atoms with Gasteiger partial charge in [-0.2, -0.15) is 0 Å². The van der Waals surface area contributed by atoms with Crippen molar-refractivity contribution in [2.24, 2.45) is 0 Å². The molecule has 38 heavy (non-hydrogen) atoms. The van der Waals surface area contributed by atoms with Crippen molar-refractivity contribution in [1.82, 2.24) is 9.88 Å². The minimum Gasteiger partial charge on any atom is -0.476 e. The molecule has 0 spiro atoms. The number of amides is 1. The van der Waals surface area contributed by atoms with Gasteiger partial charge in [-0.1, -0.05) is 84.6 Å². The highest BCUT2D eigenvalue weighted by Crippen LogP contribution is 2.27. The summed E-state index contributed by atoms with van der Waals surface area (Å²) in [6.45, 7) is 0.546. The minimum atomic E-state index is -1.04. The lowest BCUT2D eigenvalue weighted by molar-refractivity contribution is -0.128. The monoisotopic (exact) mass is 544 g/mol. The van der Waals surface area contributed by atoms with E-state index in [-0.39, 0.29) is 17.6 Å². The third kappa shape index (κ3) is 6.32. The Bertz CT molecular complexity index is 1480. The number of aromatic carboxylic acids is 1. The average Bonchev–Trinajstić information content (AvgIpc) is 3.54. The van der Waals surface area contributed by atoms with Crippen LogP contribution in [0.15, 0.2) is 88.6 Å². The maximum atomic E-state index is 12.4. The first-order valence-electron chi connectivity index (χ1n) is 12.5. The maximum absolute atomic E-state index is 12.4. The van der Waals surface area contributed by atoms with E-state index in [1.165, 1.54) is 39.3 Å². The number of carbonyl (C=O) groups excluding carboxylic acids is 1. The number of nitrogens with zero attached hydrogens (tertiary/aromatic N) is 2. The molecular formula is C30H28N2O4S2. The molecule has 5 rings (SSSR count). The smallest absolute Gasteiger partial charge is 0.355 e. The lowest BCUT2D eigenvalue weighted by Crippen LogP contribution is -2.33. The van der Waals surface area contributed by atoms with Crippen LogP contribution >= 0.6 is 23.1 Å². The van der Waals surface area contributed by atoms with Crippen LogP contribution in [-0.2, 0) is 11.2 Å². The van der Waals surface area contributed by atoms with Gasteiger partial charge in [-0.15, -0.1) is 11.3 Å². The van der Waals surface area contributed by atoms with Gasteiger partial charge in [0, 0.05) is 30.5 Å². The minimum absolute atomic E-state index is 0.0485. The summed E-state index contributed by atoms with van der Waals surface area (Å²) in [5.41, 5.74) is 3.36. The van der Waals surface area contributed by atoms with Crippen molar-refractivity contribution in [2.45, 2.75) is 35.7 Å². The van der Waals surface area contributed by atoms with E-state index in [1.54, 1.807) is 6.08 Å². The first kappa shape index (κ1) is 26.2. The SMILES string of the molecule is O=C(O)c1csc(SCCN2C(=O)CC[C@@H]2C=C[C@@H](O)Cc2cccc(-c3ccc4ccccc4c3)c2)n1. The lowest BCUT2D eigenvalue weighted by Gasteiger charge is -2.22. The number of likely N-dealkylation sites (tertiary alicyclic amines) is 1. The van der Waals surface area contributed by atoms with Crippen LogP contribution in [0.25, 0.3) is 21.9 Å². The maximum Gasteiger partial charge on any atom is 0.355 e. The Balaban J connectivity index is 1.18. The van der Waals surface area contributed by atoms with Crippen LogP contribution in [0.2, 0.25) is 0 Å². The molecule has 0 aliphatic carbocycles. The van der Waals surface area contributed by atoms with Crippen molar-refractivity contribution in [3.8, 4) is 11.1 Å². The van der Waals surface area contributed by atoms with Gasteiger partial charge in [0.25, 0.3) is 0 Å². The molecule has 4 aromatic rings. The highest BCUT2D eigenvalue weighted by molar-refractivity contribution is 8.01. The number of thiazole rings is 1. The second kappa shape index (κ2) is 11.9. The lowest BCUT2D eigenvalue weighted by atomic mass is 9.98. The Morgan fingerprint density at radius 3 is 2.74 bits per heavy atom. The number of fused-ring (bicyclic) bond motifs is 1. The molecule has 2 N–H and O–H groups in total. The Labute approximate surface area is 229 Å². The van der Waals surface area contributed by atoms with Gasteiger partial charge in [-0.3, -0.25) is 4.79 Å². The van der Waals surface area contributed by atoms with Crippen LogP contribution in [-0.4, -0.2) is 56.4 Å². The summed E-state index contributed by atoms with van der Waals surface area (Å²) in [5.74, 6) is -0.303. The van der Waals surface area contributed by atoms with Crippen molar-refractivity contribution in [3.63, 3.8) is 0 Å². The number of aromatic nitrogens is 1. The van der Waals surface area contributed by atoms with Gasteiger partial charge in [0.15, 0.2) is 10.0 Å². The fraction of sp³-hybridized carbons (Fsp3) is 0.233. The van der Waals surface area contributed by atoms with E-state index in [1.807, 2.05) is 35.2 Å². The fourth-order valence-electron chi connectivity index (χ4n) is 4.71. The molecule has 1 amide bonds. The van der Waals surface area contributed by atoms with Crippen LogP contribution in [0.1, 0.15) is 28.9 Å². The van der Waals surface area contributed by atoms with Gasteiger partial charge in [0.1, 0.15) is 0 Å². The summed E-state index contributed by atoms with van der Waals surface area (Å²) in [7, 11) is 0. The number of carboxylic acids is 1. The van der Waals surface area contributed by atoms with E-state index in [4.69, 9.17) is 5.11 Å². The first-order chi connectivity index (χ1) is 18.5. The molecular weight excluding hydrogens is 516 g/mol. The summed E-state index contributed by atoms with van der Waals surface area (Å²) in [6, 6.07) is 23.0. The molecule has 0 bridgehead atoms. The largest absolute Gasteiger partial charge is 0.476 e. The predicted octanol–water partition coefficient (Wildman–Crippen LogP) is 5.90. The van der Waals surface area contributed by atoms with Crippen molar-refractivity contribution in [3.05, 3.63) is 95.5 Å². The van der Waals surface area contributed by atoms with Crippen LogP contribution in [0.4, 0.5) is 0 Å². The quantitative estimate of drug-likeness (QED) is 0.191. The van der Waals surface area contributed by atoms with Crippen LogP contribution in [0, 0.1) is 0 Å². The molecule has 6 nitrogen and oxygen atoms in total. The van der Waals surface area contributed by atoms with E-state index in [0.717, 1.165) is 23.1 Å². The summed E-state index contributed by atoms with van der Waals surface area (Å²) >= 11 is 2.75. The van der Waals surface area contributed by atoms with Crippen LogP contribution in [0.5, 0.6) is 0 Å². The molecule has 194 valence electrons. The Morgan fingerprint density at radius 1 is 1.11 bits per heavy atom. The van der Waals surface area contributed by atoms with Gasteiger partial charge in [0.05, 0.1) is 12.1 Å². The Hall–Kier alpha value is -3.46. The zero-order valence-electron chi connectivity index (χ0n) is 20.7. The number of carboxylic acid groups (broad SMARTS) is 1. The number of rotatable bonds is 10. The van der Waals surface area contributed by atoms with E-state index in [2.05, 4.69) is 47.4 Å². The number of hydrogen-bond donors (Lipinski definition) is 2. The summed E-state index contributed by atoms with van der Waals surface area (Å²) in [5, 5.41) is 23.7. The second-order valence-electron chi connectivity index (χ2n) is 9.26. The number of aliphatic hydroxyl groups excluding tert-OH is 1. The van der Waals surface area contributed by atoms with Crippen molar-refractivity contribution < 1.29 is 19.8 Å². The van der Waals surface area contributed by atoms with Crippen molar-refractivity contribution >= 4 is 45.7 Å². The molecule has 1 fully saturated rings. The molecule has 1 aliphatic rings. The summed E-state index contributed by atoms with van der Waals surface area (Å²) in [4.78, 5) is 29.4. The molecule has 2 atom stereocenters. The molecule has 0 unspecified atom stereocenters. The van der Waals surface area contributed by atoms with Gasteiger partial charge >= 0.3 is 5.97 Å². The zero-order chi connectivity index (χ0) is 26.5. The van der Waals surface area contributed by atoms with E-state index in [0.29, 0.717) is 29.5 Å².